The van der Waals surface area contributed by atoms with Gasteiger partial charge >= 0.3 is 0 Å². The number of aliphatic hydroxyl groups is 3. The second-order valence-corrected chi connectivity index (χ2v) is 6.54. The van der Waals surface area contributed by atoms with Gasteiger partial charge in [-0.2, -0.15) is 0 Å². The van der Waals surface area contributed by atoms with Gasteiger partial charge in [0.15, 0.2) is 0 Å². The van der Waals surface area contributed by atoms with Crippen LogP contribution in [-0.2, 0) is 6.54 Å². The zero-order valence-corrected chi connectivity index (χ0v) is 15.1. The van der Waals surface area contributed by atoms with E-state index in [9.17, 15) is 15.3 Å². The molecule has 0 aliphatic heterocycles. The molecule has 1 radical (unpaired) electrons. The molecule has 0 saturated carbocycles. The van der Waals surface area contributed by atoms with Crippen molar-refractivity contribution in [3.63, 3.8) is 0 Å². The Kier molecular flexibility index (Phi) is 10.9. The lowest BCUT2D eigenvalue weighted by Gasteiger charge is -2.28. The summed E-state index contributed by atoms with van der Waals surface area (Å²) in [6.07, 6.45) is 3.39. The van der Waals surface area contributed by atoms with Crippen LogP contribution in [0, 0.1) is 12.5 Å². The van der Waals surface area contributed by atoms with Crippen LogP contribution in [0.3, 0.4) is 0 Å². The smallest absolute Gasteiger partial charge is 0.0970 e. The normalized spacial score (nSPS) is 15.4. The number of hydrogen-bond acceptors (Lipinski definition) is 4. The lowest BCUT2D eigenvalue weighted by molar-refractivity contribution is 0.00300. The second-order valence-electron chi connectivity index (χ2n) is 6.54. The van der Waals surface area contributed by atoms with E-state index in [2.05, 4.69) is 13.8 Å². The molecule has 3 unspecified atom stereocenters. The van der Waals surface area contributed by atoms with E-state index in [0.29, 0.717) is 25.4 Å². The molecule has 0 aliphatic carbocycles. The Hall–Kier alpha value is -0.940. The highest BCUT2D eigenvalue weighted by Crippen LogP contribution is 2.21. The van der Waals surface area contributed by atoms with Crippen molar-refractivity contribution in [2.75, 3.05) is 13.2 Å². The van der Waals surface area contributed by atoms with Gasteiger partial charge in [0, 0.05) is 13.1 Å². The van der Waals surface area contributed by atoms with Gasteiger partial charge in [-0.3, -0.25) is 4.90 Å². The Morgan fingerprint density at radius 2 is 1.83 bits per heavy atom. The molecule has 0 fully saturated rings. The standard InChI is InChI=1S/C20H34NO3/c1-3-5-9-17(4-2)14-19(23)20(24)16-21(12-13-22)15-18-10-7-6-8-11-18/h6-8,10-11,16-17,19-20,22-24H,3-5,9,12-15H2,1-2H3. The van der Waals surface area contributed by atoms with Crippen LogP contribution in [0.1, 0.15) is 51.5 Å². The summed E-state index contributed by atoms with van der Waals surface area (Å²) in [5.41, 5.74) is 1.11. The Morgan fingerprint density at radius 3 is 2.42 bits per heavy atom. The summed E-state index contributed by atoms with van der Waals surface area (Å²) in [5, 5.41) is 29.9. The minimum absolute atomic E-state index is 0.0141. The van der Waals surface area contributed by atoms with Gasteiger partial charge in [0.25, 0.3) is 0 Å². The molecule has 4 nitrogen and oxygen atoms in total. The summed E-state index contributed by atoms with van der Waals surface area (Å²) in [6, 6.07) is 9.93. The molecule has 0 bridgehead atoms. The van der Waals surface area contributed by atoms with Crippen molar-refractivity contribution in [2.45, 2.75) is 64.7 Å². The topological polar surface area (TPSA) is 63.9 Å². The monoisotopic (exact) mass is 336 g/mol. The fraction of sp³-hybridized carbons (Fsp3) is 0.650. The summed E-state index contributed by atoms with van der Waals surface area (Å²) in [4.78, 5) is 1.87. The van der Waals surface area contributed by atoms with Crippen LogP contribution in [0.15, 0.2) is 30.3 Å². The molecule has 4 heteroatoms. The summed E-state index contributed by atoms with van der Waals surface area (Å²) in [6.45, 7) is 7.02. The fourth-order valence-electron chi connectivity index (χ4n) is 2.93. The molecule has 24 heavy (non-hydrogen) atoms. The van der Waals surface area contributed by atoms with Crippen LogP contribution in [0.2, 0.25) is 0 Å². The average molecular weight is 336 g/mol. The predicted molar refractivity (Wildman–Crippen MR) is 98.2 cm³/mol. The molecule has 0 amide bonds. The molecule has 1 aromatic rings. The quantitative estimate of drug-likeness (QED) is 0.518. The zero-order valence-electron chi connectivity index (χ0n) is 15.1. The largest absolute Gasteiger partial charge is 0.395 e. The molecule has 3 atom stereocenters. The molecule has 3 N–H and O–H groups in total. The van der Waals surface area contributed by atoms with Crippen LogP contribution in [0.5, 0.6) is 0 Å². The van der Waals surface area contributed by atoms with Crippen molar-refractivity contribution in [1.82, 2.24) is 4.90 Å². The van der Waals surface area contributed by atoms with E-state index >= 15 is 0 Å². The molecule has 0 aromatic heterocycles. The molecule has 0 saturated heterocycles. The van der Waals surface area contributed by atoms with E-state index < -0.39 is 12.2 Å². The second kappa shape index (κ2) is 12.4. The molecule has 1 rings (SSSR count). The van der Waals surface area contributed by atoms with Gasteiger partial charge in [-0.1, -0.05) is 69.9 Å². The Labute approximate surface area is 147 Å². The van der Waals surface area contributed by atoms with Gasteiger partial charge in [-0.25, -0.2) is 0 Å². The Bertz CT molecular complexity index is 413. The van der Waals surface area contributed by atoms with Crippen LogP contribution in [-0.4, -0.2) is 45.6 Å². The molecule has 137 valence electrons. The minimum Gasteiger partial charge on any atom is -0.395 e. The van der Waals surface area contributed by atoms with E-state index in [-0.39, 0.29) is 6.61 Å². The highest BCUT2D eigenvalue weighted by molar-refractivity contribution is 5.14. The van der Waals surface area contributed by atoms with E-state index in [1.54, 1.807) is 6.54 Å². The van der Waals surface area contributed by atoms with Crippen molar-refractivity contribution in [1.29, 1.82) is 0 Å². The summed E-state index contributed by atoms with van der Waals surface area (Å²) >= 11 is 0. The lowest BCUT2D eigenvalue weighted by Crippen LogP contribution is -2.36. The van der Waals surface area contributed by atoms with Gasteiger partial charge in [-0.15, -0.1) is 0 Å². The van der Waals surface area contributed by atoms with Crippen molar-refractivity contribution in [3.8, 4) is 0 Å². The Balaban J connectivity index is 2.51. The first kappa shape index (κ1) is 21.1. The molecular weight excluding hydrogens is 302 g/mol. The first-order valence-electron chi connectivity index (χ1n) is 9.20. The SMILES string of the molecule is CCCCC(CC)CC(O)C(O)[CH]N(CCO)Cc1ccccc1. The number of unbranched alkanes of at least 4 members (excludes halogenated alkanes) is 1. The number of benzene rings is 1. The van der Waals surface area contributed by atoms with Gasteiger partial charge in [-0.05, 0) is 17.9 Å². The third kappa shape index (κ3) is 8.25. The third-order valence-corrected chi connectivity index (χ3v) is 4.49. The summed E-state index contributed by atoms with van der Waals surface area (Å²) < 4.78 is 0. The van der Waals surface area contributed by atoms with Crippen molar-refractivity contribution in [3.05, 3.63) is 42.4 Å². The molecule has 0 heterocycles. The van der Waals surface area contributed by atoms with Crippen LogP contribution >= 0.6 is 0 Å². The maximum Gasteiger partial charge on any atom is 0.0970 e. The number of nitrogens with zero attached hydrogens (tertiary/aromatic N) is 1. The predicted octanol–water partition coefficient (Wildman–Crippen LogP) is 2.97. The molecule has 1 aromatic carbocycles. The van der Waals surface area contributed by atoms with Gasteiger partial charge < -0.3 is 15.3 Å². The van der Waals surface area contributed by atoms with Crippen LogP contribution < -0.4 is 0 Å². The third-order valence-electron chi connectivity index (χ3n) is 4.49. The fourth-order valence-corrected chi connectivity index (χ4v) is 2.93. The Morgan fingerprint density at radius 1 is 1.12 bits per heavy atom. The maximum absolute atomic E-state index is 10.3. The maximum atomic E-state index is 10.3. The molecular formula is C20H34NO3. The van der Waals surface area contributed by atoms with Crippen molar-refractivity contribution < 1.29 is 15.3 Å². The van der Waals surface area contributed by atoms with Gasteiger partial charge in [0.2, 0.25) is 0 Å². The van der Waals surface area contributed by atoms with Crippen molar-refractivity contribution >= 4 is 0 Å². The molecule has 0 aliphatic rings. The van der Waals surface area contributed by atoms with Crippen LogP contribution in [0.4, 0.5) is 0 Å². The van der Waals surface area contributed by atoms with E-state index in [1.807, 2.05) is 35.2 Å². The first-order chi connectivity index (χ1) is 11.6. The van der Waals surface area contributed by atoms with Crippen LogP contribution in [0.25, 0.3) is 0 Å². The van der Waals surface area contributed by atoms with Crippen molar-refractivity contribution in [2.24, 2.45) is 5.92 Å². The minimum atomic E-state index is -0.907. The van der Waals surface area contributed by atoms with Gasteiger partial charge in [0.1, 0.15) is 0 Å². The highest BCUT2D eigenvalue weighted by Gasteiger charge is 2.23. The highest BCUT2D eigenvalue weighted by atomic mass is 16.3. The van der Waals surface area contributed by atoms with E-state index in [0.717, 1.165) is 31.2 Å². The number of rotatable bonds is 13. The van der Waals surface area contributed by atoms with Gasteiger partial charge in [0.05, 0.1) is 25.4 Å². The molecule has 0 spiro atoms. The number of aliphatic hydroxyl groups excluding tert-OH is 3. The average Bonchev–Trinajstić information content (AvgIpc) is 2.59. The first-order valence-corrected chi connectivity index (χ1v) is 9.20. The lowest BCUT2D eigenvalue weighted by atomic mass is 9.91. The van der Waals surface area contributed by atoms with E-state index in [4.69, 9.17) is 0 Å². The van der Waals surface area contributed by atoms with E-state index in [1.165, 1.54) is 0 Å². The zero-order chi connectivity index (χ0) is 17.8. The number of hydrogen-bond donors (Lipinski definition) is 3. The summed E-state index contributed by atoms with van der Waals surface area (Å²) in [7, 11) is 0. The summed E-state index contributed by atoms with van der Waals surface area (Å²) in [5.74, 6) is 0.448.